The van der Waals surface area contributed by atoms with Gasteiger partial charge in [-0.2, -0.15) is 0 Å². The molecule has 4 amide bonds. The molecular formula is C16H19N3O5. The van der Waals surface area contributed by atoms with Gasteiger partial charge in [0, 0.05) is 25.7 Å². The van der Waals surface area contributed by atoms with Gasteiger partial charge in [0.1, 0.15) is 13.2 Å². The second-order valence-corrected chi connectivity index (χ2v) is 5.28. The van der Waals surface area contributed by atoms with Gasteiger partial charge in [0.2, 0.25) is 23.6 Å². The fourth-order valence-corrected chi connectivity index (χ4v) is 2.06. The number of β-lactam (4-membered cyclic amide) rings is 1. The summed E-state index contributed by atoms with van der Waals surface area (Å²) in [5.41, 5.74) is 1.31. The van der Waals surface area contributed by atoms with Crippen molar-refractivity contribution in [3.63, 3.8) is 0 Å². The third kappa shape index (κ3) is 4.88. The van der Waals surface area contributed by atoms with E-state index in [1.165, 1.54) is 11.9 Å². The van der Waals surface area contributed by atoms with Gasteiger partial charge >= 0.3 is 0 Å². The average molecular weight is 333 g/mol. The number of rotatable bonds is 7. The smallest absolute Gasteiger partial charge is 0.250 e. The lowest BCUT2D eigenvalue weighted by Gasteiger charge is -2.28. The number of likely N-dealkylation sites (tertiary alicyclic amines) is 1. The zero-order valence-electron chi connectivity index (χ0n) is 13.3. The Morgan fingerprint density at radius 1 is 1.12 bits per heavy atom. The van der Waals surface area contributed by atoms with Gasteiger partial charge in [0.15, 0.2) is 0 Å². The van der Waals surface area contributed by atoms with E-state index in [2.05, 4.69) is 10.6 Å². The van der Waals surface area contributed by atoms with Crippen LogP contribution in [0.25, 0.3) is 0 Å². The summed E-state index contributed by atoms with van der Waals surface area (Å²) in [6.45, 7) is 0.0762. The molecule has 0 spiro atoms. The van der Waals surface area contributed by atoms with Crippen LogP contribution < -0.4 is 10.6 Å². The van der Waals surface area contributed by atoms with Crippen LogP contribution in [-0.4, -0.2) is 55.3 Å². The maximum absolute atomic E-state index is 11.9. The highest BCUT2D eigenvalue weighted by atomic mass is 16.5. The summed E-state index contributed by atoms with van der Waals surface area (Å²) in [6.07, 6.45) is 0.577. The van der Waals surface area contributed by atoms with Gasteiger partial charge < -0.3 is 15.4 Å². The second-order valence-electron chi connectivity index (χ2n) is 5.28. The predicted octanol–water partition coefficient (Wildman–Crippen LogP) is -0.311. The molecule has 1 fully saturated rings. The molecule has 1 aromatic carbocycles. The minimum atomic E-state index is -0.381. The minimum Gasteiger partial charge on any atom is -0.362 e. The van der Waals surface area contributed by atoms with Gasteiger partial charge in [-0.3, -0.25) is 24.1 Å². The summed E-state index contributed by atoms with van der Waals surface area (Å²) in [7, 11) is 1.48. The predicted molar refractivity (Wildman–Crippen MR) is 85.0 cm³/mol. The van der Waals surface area contributed by atoms with Crippen LogP contribution in [0.1, 0.15) is 12.0 Å². The number of nitrogens with one attached hydrogen (secondary N) is 2. The zero-order chi connectivity index (χ0) is 17.5. The Morgan fingerprint density at radius 3 is 2.33 bits per heavy atom. The van der Waals surface area contributed by atoms with E-state index < -0.39 is 0 Å². The molecule has 1 heterocycles. The van der Waals surface area contributed by atoms with Crippen LogP contribution >= 0.6 is 0 Å². The first kappa shape index (κ1) is 17.6. The van der Waals surface area contributed by atoms with E-state index in [4.69, 9.17) is 4.74 Å². The molecule has 2 rings (SSSR count). The van der Waals surface area contributed by atoms with E-state index in [1.807, 2.05) is 0 Å². The Morgan fingerprint density at radius 2 is 1.79 bits per heavy atom. The number of imide groups is 1. The molecule has 2 N–H and O–H groups in total. The van der Waals surface area contributed by atoms with Gasteiger partial charge in [-0.15, -0.1) is 0 Å². The molecule has 0 bridgehead atoms. The topological polar surface area (TPSA) is 105 Å². The van der Waals surface area contributed by atoms with E-state index >= 15 is 0 Å². The molecule has 1 aromatic rings. The van der Waals surface area contributed by atoms with Crippen molar-refractivity contribution >= 4 is 29.3 Å². The lowest BCUT2D eigenvalue weighted by molar-refractivity contribution is -0.152. The standard InChI is InChI=1S/C16H19N3O5/c1-17-13(20)9-24-10-14(21)18-12-4-2-11(3-5-12)8-16(23)19-7-6-15(19)22/h2-5H,6-10H2,1H3,(H,17,20)(H,18,21). The maximum atomic E-state index is 11.9. The zero-order valence-corrected chi connectivity index (χ0v) is 13.3. The van der Waals surface area contributed by atoms with Crippen molar-refractivity contribution < 1.29 is 23.9 Å². The number of carbonyl (C=O) groups excluding carboxylic acids is 4. The van der Waals surface area contributed by atoms with Crippen molar-refractivity contribution in [3.8, 4) is 0 Å². The number of hydrogen-bond acceptors (Lipinski definition) is 5. The fourth-order valence-electron chi connectivity index (χ4n) is 2.06. The first-order valence-corrected chi connectivity index (χ1v) is 7.50. The molecule has 1 aliphatic heterocycles. The fraction of sp³-hybridized carbons (Fsp3) is 0.375. The average Bonchev–Trinajstić information content (AvgIpc) is 2.55. The number of carbonyl (C=O) groups is 4. The molecule has 1 saturated heterocycles. The van der Waals surface area contributed by atoms with Crippen molar-refractivity contribution in [1.29, 1.82) is 0 Å². The van der Waals surface area contributed by atoms with Crippen LogP contribution in [0.2, 0.25) is 0 Å². The number of hydrogen-bond donors (Lipinski definition) is 2. The molecule has 1 aliphatic rings. The minimum absolute atomic E-state index is 0.138. The van der Waals surface area contributed by atoms with Gasteiger partial charge in [-0.25, -0.2) is 0 Å². The molecule has 0 aliphatic carbocycles. The summed E-state index contributed by atoms with van der Waals surface area (Å²) in [5, 5.41) is 5.00. The lowest BCUT2D eigenvalue weighted by Crippen LogP contribution is -2.48. The summed E-state index contributed by atoms with van der Waals surface area (Å²) in [4.78, 5) is 46.9. The SMILES string of the molecule is CNC(=O)COCC(=O)Nc1ccc(CC(=O)N2CCC2=O)cc1. The molecular weight excluding hydrogens is 314 g/mol. The quantitative estimate of drug-likeness (QED) is 0.666. The number of anilines is 1. The molecule has 0 radical (unpaired) electrons. The highest BCUT2D eigenvalue weighted by Gasteiger charge is 2.29. The highest BCUT2D eigenvalue weighted by molar-refractivity contribution is 6.00. The Hall–Kier alpha value is -2.74. The van der Waals surface area contributed by atoms with E-state index in [9.17, 15) is 19.2 Å². The molecule has 128 valence electrons. The van der Waals surface area contributed by atoms with Gasteiger partial charge in [-0.05, 0) is 17.7 Å². The van der Waals surface area contributed by atoms with Crippen LogP contribution in [0.5, 0.6) is 0 Å². The second kappa shape index (κ2) is 8.21. The Balaban J connectivity index is 1.77. The van der Waals surface area contributed by atoms with Crippen LogP contribution in [-0.2, 0) is 30.3 Å². The van der Waals surface area contributed by atoms with Gasteiger partial charge in [-0.1, -0.05) is 12.1 Å². The number of nitrogens with zero attached hydrogens (tertiary/aromatic N) is 1. The number of amides is 4. The molecule has 0 atom stereocenters. The molecule has 24 heavy (non-hydrogen) atoms. The summed E-state index contributed by atoms with van der Waals surface area (Å²) < 4.78 is 4.95. The van der Waals surface area contributed by atoms with E-state index in [1.54, 1.807) is 24.3 Å². The molecule has 0 aromatic heterocycles. The first-order valence-electron chi connectivity index (χ1n) is 7.50. The van der Waals surface area contributed by atoms with Crippen molar-refractivity contribution in [3.05, 3.63) is 29.8 Å². The molecule has 0 saturated carbocycles. The Bertz CT molecular complexity index is 642. The van der Waals surface area contributed by atoms with Crippen molar-refractivity contribution in [2.24, 2.45) is 0 Å². The number of benzene rings is 1. The van der Waals surface area contributed by atoms with E-state index in [0.717, 1.165) is 5.56 Å². The first-order chi connectivity index (χ1) is 11.5. The third-order valence-corrected chi connectivity index (χ3v) is 3.49. The highest BCUT2D eigenvalue weighted by Crippen LogP contribution is 2.14. The monoisotopic (exact) mass is 333 g/mol. The lowest BCUT2D eigenvalue weighted by atomic mass is 10.1. The molecule has 8 heteroatoms. The van der Waals surface area contributed by atoms with Crippen LogP contribution in [0.15, 0.2) is 24.3 Å². The van der Waals surface area contributed by atoms with Gasteiger partial charge in [0.05, 0.1) is 6.42 Å². The summed E-state index contributed by atoms with van der Waals surface area (Å²) in [6, 6.07) is 6.75. The van der Waals surface area contributed by atoms with Crippen molar-refractivity contribution in [2.45, 2.75) is 12.8 Å². The number of ether oxygens (including phenoxy) is 1. The molecule has 0 unspecified atom stereocenters. The van der Waals surface area contributed by atoms with Crippen molar-refractivity contribution in [2.75, 3.05) is 32.1 Å². The van der Waals surface area contributed by atoms with Crippen LogP contribution in [0.4, 0.5) is 5.69 Å². The summed E-state index contributed by atoms with van der Waals surface area (Å²) in [5.74, 6) is -1.04. The Kier molecular flexibility index (Phi) is 6.02. The Labute approximate surface area is 139 Å². The normalized spacial score (nSPS) is 13.2. The number of likely N-dealkylation sites (N-methyl/N-ethyl adjacent to an activating group) is 1. The van der Waals surface area contributed by atoms with Crippen LogP contribution in [0.3, 0.4) is 0 Å². The van der Waals surface area contributed by atoms with E-state index in [-0.39, 0.29) is 43.3 Å². The third-order valence-electron chi connectivity index (χ3n) is 3.49. The van der Waals surface area contributed by atoms with Crippen LogP contribution in [0, 0.1) is 0 Å². The van der Waals surface area contributed by atoms with Crippen molar-refractivity contribution in [1.82, 2.24) is 10.2 Å². The summed E-state index contributed by atoms with van der Waals surface area (Å²) >= 11 is 0. The van der Waals surface area contributed by atoms with Gasteiger partial charge in [0.25, 0.3) is 0 Å². The largest absolute Gasteiger partial charge is 0.362 e. The van der Waals surface area contributed by atoms with E-state index in [0.29, 0.717) is 18.7 Å². The maximum Gasteiger partial charge on any atom is 0.250 e. The molecule has 8 nitrogen and oxygen atoms in total.